The highest BCUT2D eigenvalue weighted by Gasteiger charge is 2.67. The first-order chi connectivity index (χ1) is 15.5. The molecule has 2 bridgehead atoms. The van der Waals surface area contributed by atoms with Crippen LogP contribution in [0.15, 0.2) is 66.7 Å². The minimum Gasteiger partial charge on any atom is -0.324 e. The molecule has 7 rings (SSSR count). The van der Waals surface area contributed by atoms with Gasteiger partial charge in [-0.1, -0.05) is 54.1 Å². The molecule has 0 aromatic heterocycles. The van der Waals surface area contributed by atoms with E-state index in [1.165, 1.54) is 4.90 Å². The number of anilines is 1. The van der Waals surface area contributed by atoms with Crippen LogP contribution in [0.2, 0.25) is 5.02 Å². The summed E-state index contributed by atoms with van der Waals surface area (Å²) in [6.07, 6.45) is 5.69. The zero-order valence-electron chi connectivity index (χ0n) is 17.4. The monoisotopic (exact) mass is 446 g/mol. The topological polar surface area (TPSA) is 66.5 Å². The number of halogens is 1. The number of nitrogens with one attached hydrogen (secondary N) is 1. The molecule has 5 aliphatic rings. The fraction of sp³-hybridized carbons (Fsp3) is 0.346. The van der Waals surface area contributed by atoms with E-state index in [4.69, 9.17) is 11.6 Å². The van der Waals surface area contributed by atoms with Crippen molar-refractivity contribution in [1.29, 1.82) is 0 Å². The van der Waals surface area contributed by atoms with Gasteiger partial charge >= 0.3 is 0 Å². The standard InChI is InChI=1S/C26H23ClN2O3/c27-15-6-8-16(9-7-15)28-24(30)21(12-14-4-2-1-3-5-14)29-25(31)22-17-10-11-18(20-13-19(17)20)23(22)26(29)32/h1-11,17-23H,12-13H2,(H,28,30)/t17-,18-,19-,20+,21-,22+,23+/m0/s1. The Morgan fingerprint density at radius 2 is 1.53 bits per heavy atom. The lowest BCUT2D eigenvalue weighted by atomic mass is 9.63. The molecule has 1 heterocycles. The van der Waals surface area contributed by atoms with Crippen LogP contribution in [0.3, 0.4) is 0 Å². The van der Waals surface area contributed by atoms with E-state index in [-0.39, 0.29) is 47.8 Å². The second kappa shape index (κ2) is 7.31. The molecule has 7 atom stereocenters. The number of benzene rings is 2. The highest BCUT2D eigenvalue weighted by Crippen LogP contribution is 2.65. The maximum atomic E-state index is 13.6. The third kappa shape index (κ3) is 3.02. The number of rotatable bonds is 5. The molecule has 3 fully saturated rings. The van der Waals surface area contributed by atoms with Gasteiger partial charge < -0.3 is 5.32 Å². The average Bonchev–Trinajstić information content (AvgIpc) is 3.58. The summed E-state index contributed by atoms with van der Waals surface area (Å²) in [4.78, 5) is 41.9. The minimum absolute atomic E-state index is 0.133. The Kier molecular flexibility index (Phi) is 4.51. The van der Waals surface area contributed by atoms with Gasteiger partial charge in [-0.2, -0.15) is 0 Å². The van der Waals surface area contributed by atoms with Gasteiger partial charge in [0.15, 0.2) is 0 Å². The Hall–Kier alpha value is -2.92. The fourth-order valence-corrected chi connectivity index (χ4v) is 6.31. The molecular formula is C26H23ClN2O3. The second-order valence-electron chi connectivity index (χ2n) is 9.40. The summed E-state index contributed by atoms with van der Waals surface area (Å²) in [6.45, 7) is 0. The summed E-state index contributed by atoms with van der Waals surface area (Å²) in [6, 6.07) is 15.5. The highest BCUT2D eigenvalue weighted by atomic mass is 35.5. The number of carbonyl (C=O) groups excluding carboxylic acids is 3. The van der Waals surface area contributed by atoms with E-state index in [1.54, 1.807) is 24.3 Å². The molecule has 2 aromatic carbocycles. The Bertz CT molecular complexity index is 1090. The number of imide groups is 1. The van der Waals surface area contributed by atoms with E-state index in [0.717, 1.165) is 12.0 Å². The lowest BCUT2D eigenvalue weighted by molar-refractivity contribution is -0.146. The van der Waals surface area contributed by atoms with Crippen LogP contribution in [0, 0.1) is 35.5 Å². The van der Waals surface area contributed by atoms with Crippen LogP contribution in [0.5, 0.6) is 0 Å². The normalized spacial score (nSPS) is 32.5. The summed E-state index contributed by atoms with van der Waals surface area (Å²) in [5, 5.41) is 3.45. The first-order valence-corrected chi connectivity index (χ1v) is 11.6. The average molecular weight is 447 g/mol. The molecule has 2 aromatic rings. The maximum absolute atomic E-state index is 13.6. The zero-order valence-corrected chi connectivity index (χ0v) is 18.1. The molecule has 2 saturated carbocycles. The van der Waals surface area contributed by atoms with Gasteiger partial charge in [0.25, 0.3) is 0 Å². The van der Waals surface area contributed by atoms with Crippen molar-refractivity contribution in [2.75, 3.05) is 5.32 Å². The van der Waals surface area contributed by atoms with E-state index in [9.17, 15) is 14.4 Å². The van der Waals surface area contributed by atoms with Gasteiger partial charge in [0.05, 0.1) is 11.8 Å². The summed E-state index contributed by atoms with van der Waals surface area (Å²) in [7, 11) is 0. The van der Waals surface area contributed by atoms with Crippen molar-refractivity contribution in [3.05, 3.63) is 77.3 Å². The van der Waals surface area contributed by atoms with E-state index in [0.29, 0.717) is 22.5 Å². The lowest BCUT2D eigenvalue weighted by Gasteiger charge is -2.37. The van der Waals surface area contributed by atoms with Gasteiger partial charge in [-0.05, 0) is 59.9 Å². The second-order valence-corrected chi connectivity index (χ2v) is 9.84. The van der Waals surface area contributed by atoms with Gasteiger partial charge in [0.2, 0.25) is 17.7 Å². The molecule has 3 amide bonds. The summed E-state index contributed by atoms with van der Waals surface area (Å²) >= 11 is 5.96. The van der Waals surface area contributed by atoms with Gasteiger partial charge in [-0.15, -0.1) is 0 Å². The number of carbonyl (C=O) groups is 3. The number of nitrogens with zero attached hydrogens (tertiary/aromatic N) is 1. The molecular weight excluding hydrogens is 424 g/mol. The summed E-state index contributed by atoms with van der Waals surface area (Å²) in [5.74, 6) is -0.0420. The van der Waals surface area contributed by atoms with Crippen molar-refractivity contribution in [3.8, 4) is 0 Å². The molecule has 1 N–H and O–H groups in total. The lowest BCUT2D eigenvalue weighted by Crippen LogP contribution is -2.49. The van der Waals surface area contributed by atoms with E-state index in [1.807, 2.05) is 30.3 Å². The van der Waals surface area contributed by atoms with Gasteiger partial charge in [0, 0.05) is 17.1 Å². The zero-order chi connectivity index (χ0) is 22.0. The Morgan fingerprint density at radius 1 is 0.938 bits per heavy atom. The van der Waals surface area contributed by atoms with Crippen LogP contribution in [-0.4, -0.2) is 28.7 Å². The molecule has 1 saturated heterocycles. The molecule has 32 heavy (non-hydrogen) atoms. The van der Waals surface area contributed by atoms with Crippen LogP contribution < -0.4 is 5.32 Å². The van der Waals surface area contributed by atoms with E-state index < -0.39 is 6.04 Å². The number of hydrogen-bond acceptors (Lipinski definition) is 3. The third-order valence-electron chi connectivity index (χ3n) is 7.69. The van der Waals surface area contributed by atoms with Crippen LogP contribution in [0.4, 0.5) is 5.69 Å². The SMILES string of the molecule is O=C(Nc1ccc(Cl)cc1)[C@H](Cc1ccccc1)N1C(=O)[C@@H]2[C@H]3C=C[C@@H]([C@@H]4C[C@H]34)[C@H]2C1=O. The third-order valence-corrected chi connectivity index (χ3v) is 7.95. The largest absolute Gasteiger partial charge is 0.324 e. The van der Waals surface area contributed by atoms with Crippen molar-refractivity contribution >= 4 is 35.0 Å². The predicted molar refractivity (Wildman–Crippen MR) is 121 cm³/mol. The van der Waals surface area contributed by atoms with Crippen LogP contribution >= 0.6 is 11.6 Å². The van der Waals surface area contributed by atoms with E-state index >= 15 is 0 Å². The first kappa shape index (κ1) is 19.7. The van der Waals surface area contributed by atoms with Crippen molar-refractivity contribution in [2.24, 2.45) is 35.5 Å². The van der Waals surface area contributed by atoms with Crippen molar-refractivity contribution in [1.82, 2.24) is 4.90 Å². The number of likely N-dealkylation sites (tertiary alicyclic amines) is 1. The maximum Gasteiger partial charge on any atom is 0.248 e. The molecule has 0 spiro atoms. The molecule has 0 unspecified atom stereocenters. The molecule has 4 aliphatic carbocycles. The van der Waals surface area contributed by atoms with Crippen molar-refractivity contribution in [2.45, 2.75) is 18.9 Å². The predicted octanol–water partition coefficient (Wildman–Crippen LogP) is 3.94. The van der Waals surface area contributed by atoms with Crippen LogP contribution in [-0.2, 0) is 20.8 Å². The molecule has 1 aliphatic heterocycles. The molecule has 6 heteroatoms. The smallest absolute Gasteiger partial charge is 0.248 e. The van der Waals surface area contributed by atoms with Crippen LogP contribution in [0.1, 0.15) is 12.0 Å². The summed E-state index contributed by atoms with van der Waals surface area (Å²) in [5.41, 5.74) is 1.49. The molecule has 162 valence electrons. The van der Waals surface area contributed by atoms with Gasteiger partial charge in [0.1, 0.15) is 6.04 Å². The van der Waals surface area contributed by atoms with Crippen LogP contribution in [0.25, 0.3) is 0 Å². The Labute approximate surface area is 191 Å². The molecule has 5 nitrogen and oxygen atoms in total. The number of allylic oxidation sites excluding steroid dienone is 2. The fourth-order valence-electron chi connectivity index (χ4n) is 6.18. The summed E-state index contributed by atoms with van der Waals surface area (Å²) < 4.78 is 0. The minimum atomic E-state index is -0.894. The van der Waals surface area contributed by atoms with Gasteiger partial charge in [-0.3, -0.25) is 19.3 Å². The first-order valence-electron chi connectivity index (χ1n) is 11.2. The van der Waals surface area contributed by atoms with Crippen molar-refractivity contribution in [3.63, 3.8) is 0 Å². The Balaban J connectivity index is 1.33. The van der Waals surface area contributed by atoms with E-state index in [2.05, 4.69) is 17.5 Å². The molecule has 0 radical (unpaired) electrons. The number of amides is 3. The van der Waals surface area contributed by atoms with Gasteiger partial charge in [-0.25, -0.2) is 0 Å². The number of hydrogen-bond donors (Lipinski definition) is 1. The Morgan fingerprint density at radius 3 is 2.12 bits per heavy atom. The quantitative estimate of drug-likeness (QED) is 0.558. The van der Waals surface area contributed by atoms with Crippen molar-refractivity contribution < 1.29 is 14.4 Å². The highest BCUT2D eigenvalue weighted by molar-refractivity contribution is 6.30.